The van der Waals surface area contributed by atoms with Crippen molar-refractivity contribution in [3.05, 3.63) is 23.5 Å². The molecular formula is C16H23N3O2. The monoisotopic (exact) mass is 289 g/mol. The zero-order chi connectivity index (χ0) is 14.8. The minimum absolute atomic E-state index is 0.00171. The third kappa shape index (κ3) is 3.53. The van der Waals surface area contributed by atoms with Gasteiger partial charge in [0.05, 0.1) is 18.0 Å². The lowest BCUT2D eigenvalue weighted by Crippen LogP contribution is -2.40. The van der Waals surface area contributed by atoms with Gasteiger partial charge in [-0.15, -0.1) is 0 Å². The summed E-state index contributed by atoms with van der Waals surface area (Å²) >= 11 is 0. The van der Waals surface area contributed by atoms with Crippen LogP contribution >= 0.6 is 0 Å². The van der Waals surface area contributed by atoms with E-state index >= 15 is 0 Å². The minimum atomic E-state index is -0.00171. The van der Waals surface area contributed by atoms with Gasteiger partial charge in [-0.3, -0.25) is 4.98 Å². The Morgan fingerprint density at radius 1 is 1.38 bits per heavy atom. The second-order valence-electron chi connectivity index (χ2n) is 6.13. The Morgan fingerprint density at radius 3 is 2.81 bits per heavy atom. The topological polar surface area (TPSA) is 54.5 Å². The van der Waals surface area contributed by atoms with Crippen molar-refractivity contribution in [3.63, 3.8) is 0 Å². The minimum Gasteiger partial charge on any atom is -0.381 e. The van der Waals surface area contributed by atoms with Crippen LogP contribution in [-0.2, 0) is 4.74 Å². The number of pyridine rings is 1. The van der Waals surface area contributed by atoms with Crippen LogP contribution in [-0.4, -0.2) is 41.7 Å². The van der Waals surface area contributed by atoms with Gasteiger partial charge in [0.2, 0.25) is 0 Å². The summed E-state index contributed by atoms with van der Waals surface area (Å²) in [6.07, 6.45) is 3.29. The SMILES string of the molecule is Cc1ccc(NC(=O)N(C[C@H]2CCOC2)C2CC2)c(C)n1. The fourth-order valence-electron chi connectivity index (χ4n) is 2.80. The van der Waals surface area contributed by atoms with Gasteiger partial charge in [-0.2, -0.15) is 0 Å². The molecule has 0 unspecified atom stereocenters. The van der Waals surface area contributed by atoms with E-state index in [2.05, 4.69) is 10.3 Å². The Hall–Kier alpha value is -1.62. The molecule has 1 atom stereocenters. The molecule has 0 aromatic carbocycles. The van der Waals surface area contributed by atoms with Crippen LogP contribution in [0.4, 0.5) is 10.5 Å². The highest BCUT2D eigenvalue weighted by Crippen LogP contribution is 2.29. The van der Waals surface area contributed by atoms with E-state index in [4.69, 9.17) is 4.74 Å². The number of ether oxygens (including phenoxy) is 1. The van der Waals surface area contributed by atoms with Crippen molar-refractivity contribution in [2.24, 2.45) is 5.92 Å². The maximum atomic E-state index is 12.6. The second-order valence-corrected chi connectivity index (χ2v) is 6.13. The molecule has 0 bridgehead atoms. The van der Waals surface area contributed by atoms with Gasteiger partial charge in [-0.25, -0.2) is 4.79 Å². The molecule has 5 heteroatoms. The molecule has 1 saturated heterocycles. The van der Waals surface area contributed by atoms with Crippen molar-refractivity contribution in [2.75, 3.05) is 25.1 Å². The number of carbonyl (C=O) groups is 1. The molecule has 114 valence electrons. The number of anilines is 1. The van der Waals surface area contributed by atoms with E-state index in [-0.39, 0.29) is 6.03 Å². The summed E-state index contributed by atoms with van der Waals surface area (Å²) in [5.41, 5.74) is 2.63. The molecule has 1 aromatic rings. The summed E-state index contributed by atoms with van der Waals surface area (Å²) in [4.78, 5) is 18.9. The summed E-state index contributed by atoms with van der Waals surface area (Å²) in [5.74, 6) is 0.480. The van der Waals surface area contributed by atoms with Crippen LogP contribution in [0.15, 0.2) is 12.1 Å². The number of rotatable bonds is 4. The van der Waals surface area contributed by atoms with Gasteiger partial charge in [0.25, 0.3) is 0 Å². The molecular weight excluding hydrogens is 266 g/mol. The molecule has 0 radical (unpaired) electrons. The zero-order valence-electron chi connectivity index (χ0n) is 12.8. The highest BCUT2D eigenvalue weighted by molar-refractivity contribution is 5.90. The van der Waals surface area contributed by atoms with E-state index in [0.717, 1.165) is 56.1 Å². The van der Waals surface area contributed by atoms with Crippen molar-refractivity contribution < 1.29 is 9.53 Å². The van der Waals surface area contributed by atoms with Crippen molar-refractivity contribution in [1.29, 1.82) is 0 Å². The van der Waals surface area contributed by atoms with E-state index in [1.807, 2.05) is 30.9 Å². The lowest BCUT2D eigenvalue weighted by Gasteiger charge is -2.25. The van der Waals surface area contributed by atoms with Crippen LogP contribution in [0.5, 0.6) is 0 Å². The lowest BCUT2D eigenvalue weighted by molar-refractivity contribution is 0.167. The van der Waals surface area contributed by atoms with Crippen LogP contribution in [0.2, 0.25) is 0 Å². The van der Waals surface area contributed by atoms with Crippen molar-refractivity contribution in [1.82, 2.24) is 9.88 Å². The third-order valence-electron chi connectivity index (χ3n) is 4.19. The first-order valence-electron chi connectivity index (χ1n) is 7.73. The number of nitrogens with zero attached hydrogens (tertiary/aromatic N) is 2. The summed E-state index contributed by atoms with van der Waals surface area (Å²) < 4.78 is 5.42. The predicted molar refractivity (Wildman–Crippen MR) is 81.4 cm³/mol. The molecule has 1 N–H and O–H groups in total. The van der Waals surface area contributed by atoms with Crippen LogP contribution in [0.25, 0.3) is 0 Å². The Kier molecular flexibility index (Phi) is 4.10. The number of urea groups is 1. The molecule has 2 fully saturated rings. The fourth-order valence-corrected chi connectivity index (χ4v) is 2.80. The van der Waals surface area contributed by atoms with E-state index < -0.39 is 0 Å². The van der Waals surface area contributed by atoms with Crippen LogP contribution in [0.1, 0.15) is 30.7 Å². The normalized spacial score (nSPS) is 21.3. The smallest absolute Gasteiger partial charge is 0.322 e. The van der Waals surface area contributed by atoms with Crippen LogP contribution in [0.3, 0.4) is 0 Å². The largest absolute Gasteiger partial charge is 0.381 e. The quantitative estimate of drug-likeness (QED) is 0.927. The molecule has 0 spiro atoms. The molecule has 1 aliphatic carbocycles. The van der Waals surface area contributed by atoms with E-state index in [9.17, 15) is 4.79 Å². The summed E-state index contributed by atoms with van der Waals surface area (Å²) in [6, 6.07) is 4.26. The van der Waals surface area contributed by atoms with Gasteiger partial charge in [0, 0.05) is 30.8 Å². The summed E-state index contributed by atoms with van der Waals surface area (Å²) in [5, 5.41) is 3.02. The first-order chi connectivity index (χ1) is 10.1. The van der Waals surface area contributed by atoms with E-state index in [1.54, 1.807) is 0 Å². The summed E-state index contributed by atoms with van der Waals surface area (Å²) in [6.45, 7) is 6.28. The Labute approximate surface area is 125 Å². The number of carbonyl (C=O) groups excluding carboxylic acids is 1. The molecule has 5 nitrogen and oxygen atoms in total. The molecule has 2 amide bonds. The van der Waals surface area contributed by atoms with Crippen molar-refractivity contribution in [2.45, 2.75) is 39.2 Å². The molecule has 1 aromatic heterocycles. The molecule has 1 saturated carbocycles. The number of amides is 2. The van der Waals surface area contributed by atoms with E-state index in [1.165, 1.54) is 0 Å². The van der Waals surface area contributed by atoms with Crippen molar-refractivity contribution >= 4 is 11.7 Å². The number of hydrogen-bond acceptors (Lipinski definition) is 3. The zero-order valence-corrected chi connectivity index (χ0v) is 12.8. The number of hydrogen-bond donors (Lipinski definition) is 1. The first kappa shape index (κ1) is 14.3. The average Bonchev–Trinajstić information content (AvgIpc) is 3.16. The second kappa shape index (κ2) is 6.02. The third-order valence-corrected chi connectivity index (χ3v) is 4.19. The number of aryl methyl sites for hydroxylation is 2. The Morgan fingerprint density at radius 2 is 2.19 bits per heavy atom. The summed E-state index contributed by atoms with van der Waals surface area (Å²) in [7, 11) is 0. The van der Waals surface area contributed by atoms with Crippen LogP contribution < -0.4 is 5.32 Å². The molecule has 2 aliphatic rings. The van der Waals surface area contributed by atoms with Gasteiger partial charge in [0.15, 0.2) is 0 Å². The van der Waals surface area contributed by atoms with Gasteiger partial charge in [-0.05, 0) is 45.2 Å². The molecule has 1 aliphatic heterocycles. The van der Waals surface area contributed by atoms with Crippen LogP contribution in [0, 0.1) is 19.8 Å². The van der Waals surface area contributed by atoms with Gasteiger partial charge in [0.1, 0.15) is 0 Å². The molecule has 3 rings (SSSR count). The average molecular weight is 289 g/mol. The number of nitrogens with one attached hydrogen (secondary N) is 1. The van der Waals surface area contributed by atoms with Gasteiger partial charge in [-0.1, -0.05) is 0 Å². The maximum absolute atomic E-state index is 12.6. The van der Waals surface area contributed by atoms with Gasteiger partial charge < -0.3 is 15.0 Å². The molecule has 2 heterocycles. The van der Waals surface area contributed by atoms with Crippen molar-refractivity contribution in [3.8, 4) is 0 Å². The first-order valence-corrected chi connectivity index (χ1v) is 7.73. The number of aromatic nitrogens is 1. The predicted octanol–water partition coefficient (Wildman–Crippen LogP) is 2.73. The fraction of sp³-hybridized carbons (Fsp3) is 0.625. The maximum Gasteiger partial charge on any atom is 0.322 e. The highest BCUT2D eigenvalue weighted by atomic mass is 16.5. The lowest BCUT2D eigenvalue weighted by atomic mass is 10.1. The van der Waals surface area contributed by atoms with E-state index in [0.29, 0.717) is 12.0 Å². The Balaban J connectivity index is 1.66. The molecule has 21 heavy (non-hydrogen) atoms. The highest BCUT2D eigenvalue weighted by Gasteiger charge is 2.35. The standard InChI is InChI=1S/C16H23N3O2/c1-11-3-6-15(12(2)17-11)18-16(20)19(14-4-5-14)9-13-7-8-21-10-13/h3,6,13-14H,4-5,7-10H2,1-2H3,(H,18,20)/t13-/m1/s1. The Bertz CT molecular complexity index is 522. The van der Waals surface area contributed by atoms with Gasteiger partial charge >= 0.3 is 6.03 Å².